The zero-order valence-corrected chi connectivity index (χ0v) is 13.2. The second-order valence-corrected chi connectivity index (χ2v) is 7.91. The van der Waals surface area contributed by atoms with Crippen molar-refractivity contribution in [1.29, 1.82) is 0 Å². The van der Waals surface area contributed by atoms with Crippen LogP contribution in [0.5, 0.6) is 0 Å². The van der Waals surface area contributed by atoms with Gasteiger partial charge in [-0.15, -0.1) is 3.77 Å². The van der Waals surface area contributed by atoms with Gasteiger partial charge in [-0.3, -0.25) is 0 Å². The van der Waals surface area contributed by atoms with Crippen molar-refractivity contribution in [2.45, 2.75) is 23.8 Å². The number of rotatable bonds is 3. The summed E-state index contributed by atoms with van der Waals surface area (Å²) in [6.07, 6.45) is 3.32. The van der Waals surface area contributed by atoms with Gasteiger partial charge in [-0.1, -0.05) is 34.5 Å². The van der Waals surface area contributed by atoms with Crippen LogP contribution in [-0.2, 0) is 20.7 Å². The average molecular weight is 308 g/mol. The van der Waals surface area contributed by atoms with Crippen molar-refractivity contribution in [2.75, 3.05) is 6.26 Å². The van der Waals surface area contributed by atoms with Crippen LogP contribution in [0.1, 0.15) is 11.1 Å². The lowest BCUT2D eigenvalue weighted by Crippen LogP contribution is -2.02. The summed E-state index contributed by atoms with van der Waals surface area (Å²) in [4.78, 5) is 4.83. The number of benzene rings is 1. The minimum absolute atomic E-state index is 0.00504. The van der Waals surface area contributed by atoms with Crippen LogP contribution in [0.3, 0.4) is 0 Å². The lowest BCUT2D eigenvalue weighted by molar-refractivity contribution is 0.595. The quantitative estimate of drug-likeness (QED) is 0.876. The third-order valence-corrected chi connectivity index (χ3v) is 6.12. The van der Waals surface area contributed by atoms with Crippen molar-refractivity contribution in [3.63, 3.8) is 0 Å². The standard InChI is InChI=1S/C14H16N2O2S2/c1-11-4-7-13(8-5-11)19(3)16-20(17,18)14-9-6-12(2)10-15-14/h4-10H,1-3H3. The Morgan fingerprint density at radius 3 is 2.15 bits per heavy atom. The van der Waals surface area contributed by atoms with Crippen LogP contribution in [0, 0.1) is 13.8 Å². The first-order valence-corrected chi connectivity index (χ1v) is 9.05. The van der Waals surface area contributed by atoms with Gasteiger partial charge < -0.3 is 0 Å². The lowest BCUT2D eigenvalue weighted by atomic mass is 10.2. The molecule has 0 fully saturated rings. The van der Waals surface area contributed by atoms with Crippen LogP contribution < -0.4 is 0 Å². The van der Waals surface area contributed by atoms with Gasteiger partial charge in [-0.2, -0.15) is 8.42 Å². The molecule has 106 valence electrons. The molecule has 0 radical (unpaired) electrons. The number of sulfonamides is 1. The van der Waals surface area contributed by atoms with E-state index in [4.69, 9.17) is 0 Å². The maximum atomic E-state index is 12.2. The number of aromatic nitrogens is 1. The van der Waals surface area contributed by atoms with E-state index in [1.807, 2.05) is 38.1 Å². The molecular formula is C14H16N2O2S2. The predicted octanol–water partition coefficient (Wildman–Crippen LogP) is 2.88. The maximum Gasteiger partial charge on any atom is 0.305 e. The van der Waals surface area contributed by atoms with Crippen LogP contribution in [0.4, 0.5) is 0 Å². The van der Waals surface area contributed by atoms with Crippen LogP contribution in [0.25, 0.3) is 0 Å². The monoisotopic (exact) mass is 308 g/mol. The Bertz CT molecular complexity index is 734. The summed E-state index contributed by atoms with van der Waals surface area (Å²) in [5, 5.41) is -0.00504. The predicted molar refractivity (Wildman–Crippen MR) is 81.3 cm³/mol. The van der Waals surface area contributed by atoms with Gasteiger partial charge in [0.25, 0.3) is 0 Å². The van der Waals surface area contributed by atoms with Crippen molar-refractivity contribution in [2.24, 2.45) is 3.77 Å². The molecule has 1 atom stereocenters. The van der Waals surface area contributed by atoms with Crippen molar-refractivity contribution >= 4 is 20.7 Å². The van der Waals surface area contributed by atoms with Crippen molar-refractivity contribution in [1.82, 2.24) is 4.98 Å². The van der Waals surface area contributed by atoms with E-state index in [0.717, 1.165) is 16.0 Å². The maximum absolute atomic E-state index is 12.2. The van der Waals surface area contributed by atoms with Crippen molar-refractivity contribution in [3.8, 4) is 0 Å². The molecule has 0 saturated carbocycles. The van der Waals surface area contributed by atoms with Gasteiger partial charge >= 0.3 is 10.0 Å². The van der Waals surface area contributed by atoms with Gasteiger partial charge in [-0.05, 0) is 43.9 Å². The smallest absolute Gasteiger partial charge is 0.243 e. The Kier molecular flexibility index (Phi) is 4.35. The number of hydrogen-bond acceptors (Lipinski definition) is 3. The van der Waals surface area contributed by atoms with E-state index in [1.165, 1.54) is 12.3 Å². The van der Waals surface area contributed by atoms with E-state index in [1.54, 1.807) is 12.3 Å². The normalized spacial score (nSPS) is 13.3. The SMILES string of the molecule is Cc1ccc(S(C)=NS(=O)(=O)c2ccc(C)cn2)cc1. The topological polar surface area (TPSA) is 59.4 Å². The highest BCUT2D eigenvalue weighted by Crippen LogP contribution is 2.15. The molecular weight excluding hydrogens is 292 g/mol. The first-order chi connectivity index (χ1) is 9.38. The molecule has 0 amide bonds. The van der Waals surface area contributed by atoms with Crippen LogP contribution in [-0.4, -0.2) is 19.7 Å². The number of aryl methyl sites for hydroxylation is 2. The summed E-state index contributed by atoms with van der Waals surface area (Å²) < 4.78 is 28.3. The van der Waals surface area contributed by atoms with Gasteiger partial charge in [-0.25, -0.2) is 4.98 Å². The number of hydrogen-bond donors (Lipinski definition) is 0. The summed E-state index contributed by atoms with van der Waals surface area (Å²) in [7, 11) is -4.43. The first-order valence-electron chi connectivity index (χ1n) is 6.02. The van der Waals surface area contributed by atoms with Gasteiger partial charge in [0.05, 0.1) is 0 Å². The molecule has 6 heteroatoms. The number of nitrogens with zero attached hydrogens (tertiary/aromatic N) is 2. The largest absolute Gasteiger partial charge is 0.305 e. The lowest BCUT2D eigenvalue weighted by Gasteiger charge is -2.04. The molecule has 1 heterocycles. The molecule has 2 aromatic rings. The zero-order valence-electron chi connectivity index (χ0n) is 11.6. The van der Waals surface area contributed by atoms with E-state index in [0.29, 0.717) is 0 Å². The number of pyridine rings is 1. The summed E-state index contributed by atoms with van der Waals surface area (Å²) >= 11 is 0. The molecule has 0 saturated heterocycles. The molecule has 4 nitrogen and oxygen atoms in total. The fourth-order valence-electron chi connectivity index (χ4n) is 1.57. The molecule has 1 aromatic carbocycles. The summed E-state index contributed by atoms with van der Waals surface area (Å²) in [6, 6.07) is 10.9. The summed E-state index contributed by atoms with van der Waals surface area (Å²) in [6.45, 7) is 3.85. The highest BCUT2D eigenvalue weighted by Gasteiger charge is 2.14. The Balaban J connectivity index is 2.37. The van der Waals surface area contributed by atoms with Crippen LogP contribution in [0.15, 0.2) is 56.3 Å². The third kappa shape index (κ3) is 3.52. The third-order valence-electron chi connectivity index (χ3n) is 2.72. The second kappa shape index (κ2) is 5.85. The summed E-state index contributed by atoms with van der Waals surface area (Å²) in [5.41, 5.74) is 2.05. The fraction of sp³-hybridized carbons (Fsp3) is 0.214. The van der Waals surface area contributed by atoms with Gasteiger partial charge in [0, 0.05) is 11.1 Å². The minimum atomic E-state index is -3.71. The molecule has 0 aliphatic carbocycles. The van der Waals surface area contributed by atoms with E-state index in [-0.39, 0.29) is 5.03 Å². The molecule has 1 aromatic heterocycles. The highest BCUT2D eigenvalue weighted by atomic mass is 32.3. The Morgan fingerprint density at radius 2 is 1.60 bits per heavy atom. The van der Waals surface area contributed by atoms with Gasteiger partial charge in [0.1, 0.15) is 0 Å². The van der Waals surface area contributed by atoms with E-state index in [9.17, 15) is 8.42 Å². The van der Waals surface area contributed by atoms with Crippen molar-refractivity contribution in [3.05, 3.63) is 53.7 Å². The average Bonchev–Trinajstić information content (AvgIpc) is 2.39. The Hall–Kier alpha value is -1.53. The summed E-state index contributed by atoms with van der Waals surface area (Å²) in [5.74, 6) is 0. The van der Waals surface area contributed by atoms with E-state index < -0.39 is 20.7 Å². The van der Waals surface area contributed by atoms with Gasteiger partial charge in [0.15, 0.2) is 5.03 Å². The molecule has 2 rings (SSSR count). The first kappa shape index (κ1) is 14.9. The van der Waals surface area contributed by atoms with Crippen LogP contribution in [0.2, 0.25) is 0 Å². The molecule has 0 spiro atoms. The Labute approximate surface area is 122 Å². The molecule has 20 heavy (non-hydrogen) atoms. The van der Waals surface area contributed by atoms with E-state index in [2.05, 4.69) is 8.75 Å². The highest BCUT2D eigenvalue weighted by molar-refractivity contribution is 7.99. The molecule has 0 aliphatic heterocycles. The molecule has 0 bridgehead atoms. The zero-order chi connectivity index (χ0) is 14.8. The molecule has 0 aliphatic rings. The van der Waals surface area contributed by atoms with Crippen LogP contribution >= 0.6 is 0 Å². The van der Waals surface area contributed by atoms with Crippen molar-refractivity contribution < 1.29 is 8.42 Å². The fourth-order valence-corrected chi connectivity index (χ4v) is 4.35. The minimum Gasteiger partial charge on any atom is -0.243 e. The van der Waals surface area contributed by atoms with E-state index >= 15 is 0 Å². The molecule has 1 unspecified atom stereocenters. The second-order valence-electron chi connectivity index (χ2n) is 4.51. The Morgan fingerprint density at radius 1 is 1.00 bits per heavy atom. The molecule has 0 N–H and O–H groups in total. The van der Waals surface area contributed by atoms with Gasteiger partial charge in [0.2, 0.25) is 0 Å².